The first-order valence-electron chi connectivity index (χ1n) is 8.60. The predicted molar refractivity (Wildman–Crippen MR) is 103 cm³/mol. The van der Waals surface area contributed by atoms with E-state index in [1.54, 1.807) is 13.8 Å². The molecular weight excluding hydrogens is 344 g/mol. The van der Waals surface area contributed by atoms with Gasteiger partial charge < -0.3 is 5.32 Å². The van der Waals surface area contributed by atoms with Crippen LogP contribution in [0.1, 0.15) is 17.8 Å². The van der Waals surface area contributed by atoms with Gasteiger partial charge in [-0.05, 0) is 25.5 Å². The number of benzene rings is 2. The molecule has 0 atom stereocenters. The molecule has 1 N–H and O–H groups in total. The zero-order chi connectivity index (χ0) is 19.4. The van der Waals surface area contributed by atoms with E-state index in [4.69, 9.17) is 0 Å². The minimum absolute atomic E-state index is 0.00447. The summed E-state index contributed by atoms with van der Waals surface area (Å²) in [6.07, 6.45) is 0.169. The van der Waals surface area contributed by atoms with Gasteiger partial charge in [0.25, 0.3) is 0 Å². The zero-order valence-electron chi connectivity index (χ0n) is 15.2. The Balaban J connectivity index is 1.71. The lowest BCUT2D eigenvalue weighted by Crippen LogP contribution is -2.16. The summed E-state index contributed by atoms with van der Waals surface area (Å²) in [5, 5.41) is 18.2. The highest BCUT2D eigenvalue weighted by Gasteiger charge is 2.21. The Morgan fingerprint density at radius 1 is 1.11 bits per heavy atom. The summed E-state index contributed by atoms with van der Waals surface area (Å²) >= 11 is 0. The second-order valence-corrected chi connectivity index (χ2v) is 6.21. The Morgan fingerprint density at radius 3 is 2.44 bits per heavy atom. The van der Waals surface area contributed by atoms with E-state index in [0.717, 1.165) is 16.8 Å². The number of anilines is 1. The van der Waals surface area contributed by atoms with Gasteiger partial charge in [0.1, 0.15) is 11.4 Å². The van der Waals surface area contributed by atoms with Gasteiger partial charge in [-0.2, -0.15) is 5.10 Å². The first-order chi connectivity index (χ1) is 13.0. The van der Waals surface area contributed by atoms with Gasteiger partial charge in [0.15, 0.2) is 0 Å². The molecule has 0 unspecified atom stereocenters. The molecule has 7 nitrogen and oxygen atoms in total. The quantitative estimate of drug-likeness (QED) is 0.526. The van der Waals surface area contributed by atoms with E-state index in [9.17, 15) is 14.9 Å². The number of nitrogens with zero attached hydrogens (tertiary/aromatic N) is 3. The number of aryl methyl sites for hydroxylation is 2. The number of nitrogens with one attached hydrogen (secondary N) is 1. The lowest BCUT2D eigenvalue weighted by atomic mass is 10.0. The van der Waals surface area contributed by atoms with Gasteiger partial charge in [0, 0.05) is 17.7 Å². The van der Waals surface area contributed by atoms with Crippen molar-refractivity contribution in [3.8, 4) is 11.1 Å². The number of hydrogen-bond donors (Lipinski definition) is 1. The number of rotatable bonds is 6. The van der Waals surface area contributed by atoms with E-state index in [1.807, 2.05) is 54.6 Å². The smallest absolute Gasteiger partial charge is 0.312 e. The molecule has 0 saturated carbocycles. The highest BCUT2D eigenvalue weighted by atomic mass is 16.6. The van der Waals surface area contributed by atoms with Crippen LogP contribution in [0.5, 0.6) is 0 Å². The first kappa shape index (κ1) is 18.3. The van der Waals surface area contributed by atoms with Crippen LogP contribution in [0.15, 0.2) is 54.6 Å². The Hall–Kier alpha value is -3.48. The largest absolute Gasteiger partial charge is 0.325 e. The number of nitro groups is 1. The SMILES string of the molecule is Cc1nn(CCC(=O)Nc2ccccc2-c2ccccc2)c(C)c1[N+](=O)[O-]. The number of para-hydroxylation sites is 1. The van der Waals surface area contributed by atoms with Crippen LogP contribution in [0.25, 0.3) is 11.1 Å². The molecule has 1 heterocycles. The molecule has 7 heteroatoms. The van der Waals surface area contributed by atoms with Crippen molar-refractivity contribution in [1.29, 1.82) is 0 Å². The predicted octanol–water partition coefficient (Wildman–Crippen LogP) is 4.10. The van der Waals surface area contributed by atoms with Crippen molar-refractivity contribution in [2.24, 2.45) is 0 Å². The lowest BCUT2D eigenvalue weighted by Gasteiger charge is -2.11. The van der Waals surface area contributed by atoms with Crippen molar-refractivity contribution >= 4 is 17.3 Å². The standard InChI is InChI=1S/C20H20N4O3/c1-14-20(24(26)27)15(2)23(22-14)13-12-19(25)21-18-11-7-6-10-17(18)16-8-4-3-5-9-16/h3-11H,12-13H2,1-2H3,(H,21,25). The fourth-order valence-corrected chi connectivity index (χ4v) is 3.05. The van der Waals surface area contributed by atoms with Crippen LogP contribution in [0.3, 0.4) is 0 Å². The number of aromatic nitrogens is 2. The summed E-state index contributed by atoms with van der Waals surface area (Å²) in [6, 6.07) is 17.4. The Kier molecular flexibility index (Phi) is 5.30. The monoisotopic (exact) mass is 364 g/mol. The van der Waals surface area contributed by atoms with Crippen LogP contribution in [-0.2, 0) is 11.3 Å². The van der Waals surface area contributed by atoms with Crippen molar-refractivity contribution in [1.82, 2.24) is 9.78 Å². The number of carbonyl (C=O) groups is 1. The molecular formula is C20H20N4O3. The van der Waals surface area contributed by atoms with Crippen molar-refractivity contribution < 1.29 is 9.72 Å². The third-order valence-corrected chi connectivity index (χ3v) is 4.36. The number of hydrogen-bond acceptors (Lipinski definition) is 4. The van der Waals surface area contributed by atoms with E-state index in [1.165, 1.54) is 4.68 Å². The van der Waals surface area contributed by atoms with Gasteiger partial charge >= 0.3 is 5.69 Å². The Labute approximate surface area is 156 Å². The second kappa shape index (κ2) is 7.82. The van der Waals surface area contributed by atoms with E-state index < -0.39 is 4.92 Å². The van der Waals surface area contributed by atoms with Crippen LogP contribution >= 0.6 is 0 Å². The topological polar surface area (TPSA) is 90.1 Å². The molecule has 0 saturated heterocycles. The second-order valence-electron chi connectivity index (χ2n) is 6.21. The van der Waals surface area contributed by atoms with Crippen LogP contribution in [0.2, 0.25) is 0 Å². The lowest BCUT2D eigenvalue weighted by molar-refractivity contribution is -0.386. The van der Waals surface area contributed by atoms with Gasteiger partial charge in [-0.25, -0.2) is 0 Å². The maximum Gasteiger partial charge on any atom is 0.312 e. The van der Waals surface area contributed by atoms with E-state index in [0.29, 0.717) is 11.4 Å². The fourth-order valence-electron chi connectivity index (χ4n) is 3.05. The average Bonchev–Trinajstić information content (AvgIpc) is 2.95. The van der Waals surface area contributed by atoms with Crippen LogP contribution in [0.4, 0.5) is 11.4 Å². The third kappa shape index (κ3) is 4.03. The minimum atomic E-state index is -0.440. The number of amides is 1. The molecule has 27 heavy (non-hydrogen) atoms. The fraction of sp³-hybridized carbons (Fsp3) is 0.200. The highest BCUT2D eigenvalue weighted by Crippen LogP contribution is 2.27. The summed E-state index contributed by atoms with van der Waals surface area (Å²) in [6.45, 7) is 3.51. The third-order valence-electron chi connectivity index (χ3n) is 4.36. The molecule has 1 aromatic heterocycles. The van der Waals surface area contributed by atoms with Gasteiger partial charge in [-0.15, -0.1) is 0 Å². The highest BCUT2D eigenvalue weighted by molar-refractivity contribution is 5.95. The number of carbonyl (C=O) groups excluding carboxylic acids is 1. The van der Waals surface area contributed by atoms with Crippen molar-refractivity contribution in [2.45, 2.75) is 26.8 Å². The average molecular weight is 364 g/mol. The molecule has 3 rings (SSSR count). The molecule has 0 aliphatic carbocycles. The molecule has 0 radical (unpaired) electrons. The molecule has 0 fully saturated rings. The summed E-state index contributed by atoms with van der Waals surface area (Å²) in [5.41, 5.74) is 3.50. The summed E-state index contributed by atoms with van der Waals surface area (Å²) in [4.78, 5) is 23.1. The van der Waals surface area contributed by atoms with E-state index >= 15 is 0 Å². The van der Waals surface area contributed by atoms with E-state index in [2.05, 4.69) is 10.4 Å². The van der Waals surface area contributed by atoms with Crippen LogP contribution in [0, 0.1) is 24.0 Å². The van der Waals surface area contributed by atoms with Crippen LogP contribution < -0.4 is 5.32 Å². The molecule has 0 aliphatic heterocycles. The van der Waals surface area contributed by atoms with Gasteiger partial charge in [0.2, 0.25) is 5.91 Å². The molecule has 2 aromatic carbocycles. The molecule has 0 aliphatic rings. The molecule has 0 spiro atoms. The van der Waals surface area contributed by atoms with Gasteiger partial charge in [0.05, 0.1) is 11.5 Å². The summed E-state index contributed by atoms with van der Waals surface area (Å²) < 4.78 is 1.51. The van der Waals surface area contributed by atoms with Crippen LogP contribution in [-0.4, -0.2) is 20.6 Å². The normalized spacial score (nSPS) is 10.6. The summed E-state index contributed by atoms with van der Waals surface area (Å²) in [5.74, 6) is -0.173. The van der Waals surface area contributed by atoms with Crippen molar-refractivity contribution in [3.05, 3.63) is 76.1 Å². The Morgan fingerprint density at radius 2 is 1.78 bits per heavy atom. The van der Waals surface area contributed by atoms with Crippen molar-refractivity contribution in [3.63, 3.8) is 0 Å². The van der Waals surface area contributed by atoms with Gasteiger partial charge in [-0.3, -0.25) is 19.6 Å². The maximum absolute atomic E-state index is 12.4. The minimum Gasteiger partial charge on any atom is -0.325 e. The molecule has 0 bridgehead atoms. The van der Waals surface area contributed by atoms with E-state index in [-0.39, 0.29) is 24.6 Å². The Bertz CT molecular complexity index is 980. The zero-order valence-corrected chi connectivity index (χ0v) is 15.2. The molecule has 138 valence electrons. The maximum atomic E-state index is 12.4. The van der Waals surface area contributed by atoms with Crippen molar-refractivity contribution in [2.75, 3.05) is 5.32 Å². The van der Waals surface area contributed by atoms with Gasteiger partial charge in [-0.1, -0.05) is 48.5 Å². The summed E-state index contributed by atoms with van der Waals surface area (Å²) in [7, 11) is 0. The molecule has 3 aromatic rings. The first-order valence-corrected chi connectivity index (χ1v) is 8.60. The molecule has 1 amide bonds.